The number of rotatable bonds is 3. The molecule has 0 N–H and O–H groups in total. The molecule has 4 aromatic rings. The van der Waals surface area contributed by atoms with E-state index in [1.807, 2.05) is 12.1 Å². The van der Waals surface area contributed by atoms with Crippen molar-refractivity contribution >= 4 is 16.2 Å². The predicted molar refractivity (Wildman–Crippen MR) is 111 cm³/mol. The summed E-state index contributed by atoms with van der Waals surface area (Å²) in [4.78, 5) is 30.8. The largest absolute Gasteiger partial charge is 0.336 e. The summed E-state index contributed by atoms with van der Waals surface area (Å²) >= 11 is 1.31. The highest BCUT2D eigenvalue weighted by Crippen LogP contribution is 2.17. The quantitative estimate of drug-likeness (QED) is 0.493. The highest BCUT2D eigenvalue weighted by molar-refractivity contribution is 7.18. The Bertz CT molecular complexity index is 1370. The number of halogens is 1. The molecule has 0 aliphatic heterocycles. The summed E-state index contributed by atoms with van der Waals surface area (Å²) in [6, 6.07) is 9.67. The van der Waals surface area contributed by atoms with Crippen LogP contribution in [0.2, 0.25) is 0 Å². The molecule has 0 saturated carbocycles. The summed E-state index contributed by atoms with van der Waals surface area (Å²) in [5.41, 5.74) is 1.23. The molecule has 0 amide bonds. The molecular weight excluding hydrogens is 389 g/mol. The first kappa shape index (κ1) is 18.8. The summed E-state index contributed by atoms with van der Waals surface area (Å²) in [5, 5.41) is 0. The molecule has 0 bridgehead atoms. The number of hydrogen-bond acceptors (Lipinski definition) is 4. The number of thiazole rings is 1. The summed E-state index contributed by atoms with van der Waals surface area (Å²) in [5.74, 6) is 5.74. The molecule has 7 heteroatoms. The van der Waals surface area contributed by atoms with Crippen molar-refractivity contribution in [1.29, 1.82) is 0 Å². The molecule has 0 saturated heterocycles. The second-order valence-corrected chi connectivity index (χ2v) is 7.56. The molecule has 0 radical (unpaired) electrons. The lowest BCUT2D eigenvalue weighted by Gasteiger charge is -2.07. The van der Waals surface area contributed by atoms with Crippen molar-refractivity contribution in [2.75, 3.05) is 0 Å². The van der Waals surface area contributed by atoms with Gasteiger partial charge in [-0.1, -0.05) is 24.0 Å². The van der Waals surface area contributed by atoms with Crippen LogP contribution in [-0.4, -0.2) is 14.0 Å². The van der Waals surface area contributed by atoms with Crippen molar-refractivity contribution in [2.24, 2.45) is 0 Å². The van der Waals surface area contributed by atoms with E-state index >= 15 is 0 Å². The third-order valence-electron chi connectivity index (χ3n) is 4.48. The van der Waals surface area contributed by atoms with Crippen molar-refractivity contribution in [3.05, 3.63) is 103 Å². The number of pyridine rings is 1. The van der Waals surface area contributed by atoms with Gasteiger partial charge in [-0.05, 0) is 42.3 Å². The van der Waals surface area contributed by atoms with Crippen LogP contribution in [0.25, 0.3) is 4.83 Å². The third-order valence-corrected chi connectivity index (χ3v) is 5.60. The summed E-state index contributed by atoms with van der Waals surface area (Å²) in [6.07, 6.45) is 5.65. The second kappa shape index (κ2) is 7.86. The first-order valence-corrected chi connectivity index (χ1v) is 9.72. The fourth-order valence-corrected chi connectivity index (χ4v) is 3.97. The summed E-state index contributed by atoms with van der Waals surface area (Å²) in [7, 11) is 0. The highest BCUT2D eigenvalue weighted by Gasteiger charge is 2.14. The SMILES string of the molecule is Cc1c(=O)n(Cc2cccc(F)c2)c(=O)n2cc(C#CCc3ccncc3)sc12. The van der Waals surface area contributed by atoms with E-state index in [1.165, 1.54) is 27.9 Å². The standard InChI is InChI=1S/C22H16FN3O2S/c1-15-20(27)25(13-17-5-2-6-18(23)12-17)22(28)26-14-19(29-21(15)26)7-3-4-16-8-10-24-11-9-16/h2,5-6,8-12,14H,4,13H2,1H3. The van der Waals surface area contributed by atoms with E-state index in [2.05, 4.69) is 16.8 Å². The minimum absolute atomic E-state index is 0.0120. The molecule has 4 rings (SSSR count). The van der Waals surface area contributed by atoms with E-state index in [-0.39, 0.29) is 12.1 Å². The lowest BCUT2D eigenvalue weighted by Crippen LogP contribution is -2.38. The molecule has 1 aromatic carbocycles. The Labute approximate surface area is 169 Å². The zero-order valence-electron chi connectivity index (χ0n) is 15.6. The van der Waals surface area contributed by atoms with Gasteiger partial charge in [-0.2, -0.15) is 0 Å². The molecule has 0 atom stereocenters. The number of aryl methyl sites for hydroxylation is 1. The maximum Gasteiger partial charge on any atom is 0.336 e. The first-order chi connectivity index (χ1) is 14.0. The average molecular weight is 405 g/mol. The van der Waals surface area contributed by atoms with E-state index < -0.39 is 11.5 Å². The minimum Gasteiger partial charge on any atom is -0.269 e. The maximum atomic E-state index is 13.5. The van der Waals surface area contributed by atoms with Gasteiger partial charge in [-0.3, -0.25) is 18.7 Å². The molecule has 0 fully saturated rings. The van der Waals surface area contributed by atoms with Crippen LogP contribution in [-0.2, 0) is 13.0 Å². The Morgan fingerprint density at radius 3 is 2.69 bits per heavy atom. The Kier molecular flexibility index (Phi) is 5.10. The van der Waals surface area contributed by atoms with Gasteiger partial charge in [0, 0.05) is 30.6 Å². The van der Waals surface area contributed by atoms with Crippen LogP contribution < -0.4 is 11.2 Å². The number of nitrogens with zero attached hydrogens (tertiary/aromatic N) is 3. The Hall–Kier alpha value is -3.50. The average Bonchev–Trinajstić information content (AvgIpc) is 3.15. The van der Waals surface area contributed by atoms with Crippen molar-refractivity contribution in [3.8, 4) is 11.8 Å². The summed E-state index contributed by atoms with van der Waals surface area (Å²) in [6.45, 7) is 1.70. The van der Waals surface area contributed by atoms with Gasteiger partial charge >= 0.3 is 5.69 Å². The van der Waals surface area contributed by atoms with Crippen molar-refractivity contribution in [2.45, 2.75) is 19.9 Å². The maximum absolute atomic E-state index is 13.5. The predicted octanol–water partition coefficient (Wildman–Crippen LogP) is 3.01. The number of aromatic nitrogens is 3. The van der Waals surface area contributed by atoms with Gasteiger partial charge in [0.25, 0.3) is 5.56 Å². The van der Waals surface area contributed by atoms with Gasteiger partial charge < -0.3 is 0 Å². The Balaban J connectivity index is 1.72. The Morgan fingerprint density at radius 1 is 1.14 bits per heavy atom. The molecule has 0 unspecified atom stereocenters. The second-order valence-electron chi connectivity index (χ2n) is 6.53. The molecule has 0 aliphatic rings. The molecule has 5 nitrogen and oxygen atoms in total. The number of fused-ring (bicyclic) bond motifs is 1. The third kappa shape index (κ3) is 3.89. The van der Waals surface area contributed by atoms with Crippen molar-refractivity contribution < 1.29 is 4.39 Å². The molecule has 0 spiro atoms. The van der Waals surface area contributed by atoms with Gasteiger partial charge in [0.1, 0.15) is 10.6 Å². The van der Waals surface area contributed by atoms with Crippen LogP contribution in [0.15, 0.2) is 64.6 Å². The molecule has 0 aliphatic carbocycles. The lowest BCUT2D eigenvalue weighted by molar-refractivity contribution is 0.619. The van der Waals surface area contributed by atoms with Crippen molar-refractivity contribution in [3.63, 3.8) is 0 Å². The Morgan fingerprint density at radius 2 is 1.93 bits per heavy atom. The fourth-order valence-electron chi connectivity index (χ4n) is 3.01. The summed E-state index contributed by atoms with van der Waals surface area (Å²) < 4.78 is 16.0. The van der Waals surface area contributed by atoms with Crippen LogP contribution >= 0.6 is 11.3 Å². The van der Waals surface area contributed by atoms with Gasteiger partial charge in [0.05, 0.1) is 11.4 Å². The fraction of sp³-hybridized carbons (Fsp3) is 0.136. The van der Waals surface area contributed by atoms with Gasteiger partial charge in [-0.25, -0.2) is 9.18 Å². The van der Waals surface area contributed by atoms with Gasteiger partial charge in [-0.15, -0.1) is 11.3 Å². The minimum atomic E-state index is -0.460. The first-order valence-electron chi connectivity index (χ1n) is 8.91. The number of hydrogen-bond donors (Lipinski definition) is 0. The molecule has 29 heavy (non-hydrogen) atoms. The van der Waals surface area contributed by atoms with Crippen LogP contribution in [0.4, 0.5) is 4.39 Å². The topological polar surface area (TPSA) is 56.4 Å². The molecule has 144 valence electrons. The smallest absolute Gasteiger partial charge is 0.269 e. The van der Waals surface area contributed by atoms with Crippen LogP contribution in [0.3, 0.4) is 0 Å². The van der Waals surface area contributed by atoms with E-state index in [0.29, 0.717) is 27.3 Å². The van der Waals surface area contributed by atoms with E-state index in [4.69, 9.17) is 0 Å². The number of benzene rings is 1. The zero-order chi connectivity index (χ0) is 20.4. The van der Waals surface area contributed by atoms with Gasteiger partial charge in [0.15, 0.2) is 0 Å². The van der Waals surface area contributed by atoms with Crippen LogP contribution in [0.5, 0.6) is 0 Å². The van der Waals surface area contributed by atoms with Crippen molar-refractivity contribution in [1.82, 2.24) is 14.0 Å². The molecular formula is C22H16FN3O2S. The normalized spacial score (nSPS) is 10.7. The van der Waals surface area contributed by atoms with E-state index in [9.17, 15) is 14.0 Å². The molecule has 3 heterocycles. The van der Waals surface area contributed by atoms with Crippen LogP contribution in [0.1, 0.15) is 21.6 Å². The lowest BCUT2D eigenvalue weighted by atomic mass is 10.2. The van der Waals surface area contributed by atoms with E-state index in [1.54, 1.807) is 37.6 Å². The highest BCUT2D eigenvalue weighted by atomic mass is 32.1. The monoisotopic (exact) mass is 405 g/mol. The molecule has 3 aromatic heterocycles. The van der Waals surface area contributed by atoms with Crippen LogP contribution in [0, 0.1) is 24.6 Å². The van der Waals surface area contributed by atoms with E-state index in [0.717, 1.165) is 10.1 Å². The zero-order valence-corrected chi connectivity index (χ0v) is 16.4. The van der Waals surface area contributed by atoms with Gasteiger partial charge in [0.2, 0.25) is 0 Å².